The average molecular weight is 1310 g/mol. The lowest BCUT2D eigenvalue weighted by molar-refractivity contribution is -0.188. The van der Waals surface area contributed by atoms with E-state index in [1.54, 1.807) is 0 Å². The third-order valence-electron chi connectivity index (χ3n) is 18.0. The fourth-order valence-electron chi connectivity index (χ4n) is 11.3. The number of aliphatic carboxylic acids is 3. The average Bonchev–Trinajstić information content (AvgIpc) is 1.71. The number of rotatable bonds is 63. The third-order valence-corrected chi connectivity index (χ3v) is 18.0. The van der Waals surface area contributed by atoms with Gasteiger partial charge < -0.3 is 60.4 Å². The van der Waals surface area contributed by atoms with Crippen molar-refractivity contribution in [1.29, 1.82) is 0 Å². The van der Waals surface area contributed by atoms with E-state index in [0.717, 1.165) is 83.6 Å². The Hall–Kier alpha value is -4.62. The first-order valence-electron chi connectivity index (χ1n) is 36.9. The minimum Gasteiger partial charge on any atom is -0.481 e. The van der Waals surface area contributed by atoms with Crippen molar-refractivity contribution >= 4 is 35.8 Å². The Labute approximate surface area is 564 Å². The highest BCUT2D eigenvalue weighted by Crippen LogP contribution is 2.40. The molecule has 1 aliphatic rings. The molecular weight excluding hydrogens is 1180 g/mol. The van der Waals surface area contributed by atoms with Gasteiger partial charge in [-0.2, -0.15) is 0 Å². The number of carboxylic acids is 3. The van der Waals surface area contributed by atoms with Gasteiger partial charge in [-0.3, -0.25) is 14.4 Å². The van der Waals surface area contributed by atoms with Crippen LogP contribution in [0.5, 0.6) is 0 Å². The molecule has 0 saturated carbocycles. The van der Waals surface area contributed by atoms with E-state index < -0.39 is 59.2 Å². The Balaban J connectivity index is 2.62. The summed E-state index contributed by atoms with van der Waals surface area (Å²) in [5, 5.41) is 38.1. The highest BCUT2D eigenvalue weighted by Gasteiger charge is 2.46. The molecule has 6 atom stereocenters. The maximum atomic E-state index is 13.6. The van der Waals surface area contributed by atoms with E-state index >= 15 is 0 Å². The largest absolute Gasteiger partial charge is 0.481 e. The van der Waals surface area contributed by atoms with E-state index in [9.17, 15) is 39.0 Å². The predicted molar refractivity (Wildman–Crippen MR) is 376 cm³/mol. The molecule has 0 aromatic rings. The van der Waals surface area contributed by atoms with Crippen LogP contribution in [0.15, 0.2) is 48.6 Å². The molecule has 93 heavy (non-hydrogen) atoms. The summed E-state index contributed by atoms with van der Waals surface area (Å²) >= 11 is 0. The number of hydrogen-bond acceptors (Lipinski definition) is 11. The van der Waals surface area contributed by atoms with E-state index in [4.69, 9.17) is 24.1 Å². The van der Waals surface area contributed by atoms with E-state index in [2.05, 4.69) is 103 Å². The molecule has 0 aliphatic carbocycles. The van der Waals surface area contributed by atoms with Gasteiger partial charge in [0.2, 0.25) is 11.8 Å². The zero-order chi connectivity index (χ0) is 68.7. The zero-order valence-electron chi connectivity index (χ0n) is 59.8. The van der Waals surface area contributed by atoms with E-state index in [0.29, 0.717) is 45.4 Å². The number of allylic oxidation sites excluding steroid dienone is 8. The van der Waals surface area contributed by atoms with Crippen LogP contribution in [0.2, 0.25) is 0 Å². The van der Waals surface area contributed by atoms with Crippen LogP contribution in [0.25, 0.3) is 0 Å². The standard InChI is InChI=1S/C75H135N5O13/c1-9-13-15-17-19-21-23-25-27-29-31-33-35-37-39-44-54-75(55-45-40-38-36-34-32-30-28-26-24-22-20-18-16-14-10-2)92-65(52-58-80(7)8)66(93-75)53-60-90-59-48-42-41-46-57-77-71(88)73(5,11-3)62-91-74(6,12-4)61-67(81)76-56-47-43-49-63(69(84)85)78-72(89)79-64(70(86)87)50-51-68(82)83/h19-22,25-28,63-66H,9-18,23-24,29-62H2,1-8H3,(H,76,81)(H,77,88)(H,82,83)(H,84,85)(H,86,87)(H2,78,79,89)/b21-19-,22-20-,27-25-,28-26-/t63-,64-,65?,66?,73?,74?/m1/s1. The van der Waals surface area contributed by atoms with Crippen molar-refractivity contribution in [2.45, 2.75) is 334 Å². The molecule has 7 N–H and O–H groups in total. The minimum absolute atomic E-state index is 0.00879. The van der Waals surface area contributed by atoms with E-state index in [-0.39, 0.29) is 56.4 Å². The lowest BCUT2D eigenvalue weighted by Crippen LogP contribution is -2.51. The van der Waals surface area contributed by atoms with Crippen molar-refractivity contribution in [2.75, 3.05) is 53.6 Å². The van der Waals surface area contributed by atoms with Gasteiger partial charge in [-0.15, -0.1) is 0 Å². The van der Waals surface area contributed by atoms with E-state index in [1.807, 2.05) is 27.7 Å². The van der Waals surface area contributed by atoms with Crippen LogP contribution in [0.4, 0.5) is 4.79 Å². The van der Waals surface area contributed by atoms with Crippen LogP contribution < -0.4 is 21.3 Å². The molecule has 538 valence electrons. The lowest BCUT2D eigenvalue weighted by atomic mass is 9.86. The number of carbonyl (C=O) groups is 6. The molecule has 4 unspecified atom stereocenters. The fraction of sp³-hybridized carbons (Fsp3) is 0.813. The Kier molecular flexibility index (Phi) is 51.6. The summed E-state index contributed by atoms with van der Waals surface area (Å²) < 4.78 is 26.9. The normalized spacial score (nSPS) is 16.9. The van der Waals surface area contributed by atoms with Crippen molar-refractivity contribution in [3.63, 3.8) is 0 Å². The van der Waals surface area contributed by atoms with Gasteiger partial charge in [0.25, 0.3) is 0 Å². The van der Waals surface area contributed by atoms with Gasteiger partial charge in [-0.1, -0.05) is 166 Å². The second kappa shape index (κ2) is 55.5. The number of nitrogens with zero attached hydrogens (tertiary/aromatic N) is 1. The molecule has 18 heteroatoms. The lowest BCUT2D eigenvalue weighted by Gasteiger charge is -2.34. The second-order valence-corrected chi connectivity index (χ2v) is 26.9. The summed E-state index contributed by atoms with van der Waals surface area (Å²) in [7, 11) is 4.26. The topological polar surface area (TPSA) is 251 Å². The molecule has 1 aliphatic heterocycles. The number of carbonyl (C=O) groups excluding carboxylic acids is 3. The first-order chi connectivity index (χ1) is 44.8. The smallest absolute Gasteiger partial charge is 0.326 e. The third kappa shape index (κ3) is 45.5. The highest BCUT2D eigenvalue weighted by molar-refractivity contribution is 5.86. The summed E-state index contributed by atoms with van der Waals surface area (Å²) in [6.07, 6.45) is 56.6. The molecule has 1 heterocycles. The van der Waals surface area contributed by atoms with Crippen molar-refractivity contribution in [3.8, 4) is 0 Å². The molecule has 1 saturated heterocycles. The van der Waals surface area contributed by atoms with Gasteiger partial charge in [0.05, 0.1) is 36.3 Å². The molecule has 4 amide bonds. The van der Waals surface area contributed by atoms with Gasteiger partial charge in [0, 0.05) is 52.1 Å². The number of unbranched alkanes of at least 4 members (excludes halogenated alkanes) is 22. The molecule has 0 aromatic carbocycles. The molecule has 1 rings (SSSR count). The minimum atomic E-state index is -1.50. The van der Waals surface area contributed by atoms with Crippen molar-refractivity contribution in [3.05, 3.63) is 48.6 Å². The number of nitrogens with one attached hydrogen (secondary N) is 4. The van der Waals surface area contributed by atoms with Crippen molar-refractivity contribution < 1.29 is 63.0 Å². The molecule has 0 spiro atoms. The Morgan fingerprint density at radius 1 is 0.538 bits per heavy atom. The summed E-state index contributed by atoms with van der Waals surface area (Å²) in [6, 6.07) is -3.87. The van der Waals surface area contributed by atoms with Gasteiger partial charge >= 0.3 is 23.9 Å². The Morgan fingerprint density at radius 2 is 1.00 bits per heavy atom. The van der Waals surface area contributed by atoms with Crippen LogP contribution in [0.1, 0.15) is 298 Å². The second-order valence-electron chi connectivity index (χ2n) is 26.9. The zero-order valence-corrected chi connectivity index (χ0v) is 59.8. The Morgan fingerprint density at radius 3 is 1.49 bits per heavy atom. The molecule has 1 fully saturated rings. The monoisotopic (exact) mass is 1310 g/mol. The van der Waals surface area contributed by atoms with Crippen LogP contribution in [0.3, 0.4) is 0 Å². The van der Waals surface area contributed by atoms with E-state index in [1.165, 1.54) is 128 Å². The maximum Gasteiger partial charge on any atom is 0.326 e. The quantitative estimate of drug-likeness (QED) is 0.0221. The van der Waals surface area contributed by atoms with Gasteiger partial charge in [-0.05, 0) is 169 Å². The molecule has 0 radical (unpaired) electrons. The van der Waals surface area contributed by atoms with Gasteiger partial charge in [0.15, 0.2) is 5.79 Å². The highest BCUT2D eigenvalue weighted by atomic mass is 16.8. The number of amides is 4. The first-order valence-corrected chi connectivity index (χ1v) is 36.9. The number of hydrogen-bond donors (Lipinski definition) is 7. The predicted octanol–water partition coefficient (Wildman–Crippen LogP) is 16.3. The van der Waals surface area contributed by atoms with Crippen molar-refractivity contribution in [2.24, 2.45) is 5.41 Å². The summed E-state index contributed by atoms with van der Waals surface area (Å²) in [5.41, 5.74) is -1.64. The number of urea groups is 1. The SMILES string of the molecule is CCCCC/C=C\C/C=C\CCCCCCCCC1(CCCCCCCC/C=C\C/C=C\CCCCC)OC(CCOCCCCCCNC(=O)C(C)(CC)COC(C)(CC)CC(=O)NCCCC[C@@H](NC(=O)N[C@H](CCC(=O)O)C(=O)O)C(=O)O)C(CCN(C)C)O1. The van der Waals surface area contributed by atoms with Gasteiger partial charge in [0.1, 0.15) is 12.1 Å². The van der Waals surface area contributed by atoms with Crippen LogP contribution in [-0.2, 0) is 42.9 Å². The number of carboxylic acid groups (broad SMARTS) is 3. The molecular formula is C75H135N5O13. The van der Waals surface area contributed by atoms with Crippen LogP contribution in [-0.4, -0.2) is 145 Å². The fourth-order valence-corrected chi connectivity index (χ4v) is 11.3. The number of ether oxygens (including phenoxy) is 4. The molecule has 0 bridgehead atoms. The van der Waals surface area contributed by atoms with Crippen molar-refractivity contribution in [1.82, 2.24) is 26.2 Å². The van der Waals surface area contributed by atoms with Crippen LogP contribution in [0, 0.1) is 5.41 Å². The van der Waals surface area contributed by atoms with Crippen LogP contribution >= 0.6 is 0 Å². The first kappa shape index (κ1) is 86.4. The Bertz CT molecular complexity index is 2040. The maximum absolute atomic E-state index is 13.6. The molecule has 0 aromatic heterocycles. The summed E-state index contributed by atoms with van der Waals surface area (Å²) in [6.45, 7) is 15.3. The summed E-state index contributed by atoms with van der Waals surface area (Å²) in [5.74, 6) is -4.87. The molecule has 18 nitrogen and oxygen atoms in total. The summed E-state index contributed by atoms with van der Waals surface area (Å²) in [4.78, 5) is 75.3. The van der Waals surface area contributed by atoms with Gasteiger partial charge in [-0.25, -0.2) is 14.4 Å².